The average Bonchev–Trinajstić information content (AvgIpc) is 2.78. The van der Waals surface area contributed by atoms with Crippen molar-refractivity contribution >= 4 is 11.6 Å². The largest absolute Gasteiger partial charge is 0.316 e. The molecule has 3 nitrogen and oxygen atoms in total. The summed E-state index contributed by atoms with van der Waals surface area (Å²) in [6.07, 6.45) is 3.29. The quantitative estimate of drug-likeness (QED) is 0.920. The fourth-order valence-electron chi connectivity index (χ4n) is 3.32. The Kier molecular flexibility index (Phi) is 3.81. The van der Waals surface area contributed by atoms with Gasteiger partial charge in [-0.1, -0.05) is 29.8 Å². The summed E-state index contributed by atoms with van der Waals surface area (Å²) in [4.78, 5) is 0. The van der Waals surface area contributed by atoms with Crippen molar-refractivity contribution in [3.8, 4) is 0 Å². The van der Waals surface area contributed by atoms with Gasteiger partial charge in [-0.15, -0.1) is 0 Å². The van der Waals surface area contributed by atoms with Gasteiger partial charge < -0.3 is 5.32 Å². The first kappa shape index (κ1) is 13.7. The zero-order chi connectivity index (χ0) is 14.1. The van der Waals surface area contributed by atoms with E-state index in [1.165, 1.54) is 11.1 Å². The minimum absolute atomic E-state index is 0.417. The predicted octanol–water partition coefficient (Wildman–Crippen LogP) is 3.24. The molecule has 20 heavy (non-hydrogen) atoms. The molecule has 4 heteroatoms. The van der Waals surface area contributed by atoms with Crippen LogP contribution in [0, 0.1) is 6.92 Å². The van der Waals surface area contributed by atoms with E-state index in [2.05, 4.69) is 35.7 Å². The molecule has 1 aromatic carbocycles. The topological polar surface area (TPSA) is 29.9 Å². The number of aromatic nitrogens is 2. The standard InChI is InChI=1S/C16H20ClN3/c1-11-15(10-20(2)19-11)12-7-8-18-9-14(12)13-5-3-4-6-16(13)17/h3-6,10,12,14,18H,7-9H2,1-2H3. The lowest BCUT2D eigenvalue weighted by atomic mass is 9.77. The van der Waals surface area contributed by atoms with E-state index in [0.717, 1.165) is 30.2 Å². The van der Waals surface area contributed by atoms with Crippen LogP contribution in [0.5, 0.6) is 0 Å². The Balaban J connectivity index is 2.00. The molecule has 1 fully saturated rings. The summed E-state index contributed by atoms with van der Waals surface area (Å²) in [5.41, 5.74) is 3.74. The Morgan fingerprint density at radius 1 is 1.25 bits per heavy atom. The summed E-state index contributed by atoms with van der Waals surface area (Å²) >= 11 is 6.41. The molecule has 1 N–H and O–H groups in total. The molecule has 0 saturated carbocycles. The van der Waals surface area contributed by atoms with Crippen molar-refractivity contribution in [2.45, 2.75) is 25.2 Å². The van der Waals surface area contributed by atoms with E-state index in [9.17, 15) is 0 Å². The van der Waals surface area contributed by atoms with Gasteiger partial charge in [0.25, 0.3) is 0 Å². The summed E-state index contributed by atoms with van der Waals surface area (Å²) in [5, 5.41) is 8.87. The maximum absolute atomic E-state index is 6.41. The highest BCUT2D eigenvalue weighted by atomic mass is 35.5. The van der Waals surface area contributed by atoms with Gasteiger partial charge >= 0.3 is 0 Å². The number of aryl methyl sites for hydroxylation is 2. The van der Waals surface area contributed by atoms with Crippen LogP contribution >= 0.6 is 11.6 Å². The van der Waals surface area contributed by atoms with Gasteiger partial charge in [-0.3, -0.25) is 4.68 Å². The van der Waals surface area contributed by atoms with E-state index in [1.54, 1.807) is 0 Å². The molecule has 3 rings (SSSR count). The number of piperidine rings is 1. The Hall–Kier alpha value is -1.32. The highest BCUT2D eigenvalue weighted by Crippen LogP contribution is 2.40. The van der Waals surface area contributed by atoms with Crippen molar-refractivity contribution in [3.05, 3.63) is 52.3 Å². The number of rotatable bonds is 2. The van der Waals surface area contributed by atoms with E-state index in [0.29, 0.717) is 11.8 Å². The number of hydrogen-bond acceptors (Lipinski definition) is 2. The molecule has 1 aliphatic heterocycles. The number of benzene rings is 1. The van der Waals surface area contributed by atoms with Crippen molar-refractivity contribution in [1.29, 1.82) is 0 Å². The van der Waals surface area contributed by atoms with Crippen LogP contribution in [0.25, 0.3) is 0 Å². The molecule has 0 amide bonds. The second-order valence-electron chi connectivity index (χ2n) is 5.57. The summed E-state index contributed by atoms with van der Waals surface area (Å²) in [6.45, 7) is 4.13. The van der Waals surface area contributed by atoms with Crippen molar-refractivity contribution < 1.29 is 0 Å². The summed E-state index contributed by atoms with van der Waals surface area (Å²) in [6, 6.07) is 8.20. The molecule has 0 spiro atoms. The zero-order valence-electron chi connectivity index (χ0n) is 11.9. The molecular weight excluding hydrogens is 270 g/mol. The first-order chi connectivity index (χ1) is 9.66. The minimum atomic E-state index is 0.417. The monoisotopic (exact) mass is 289 g/mol. The van der Waals surface area contributed by atoms with Gasteiger partial charge in [0.2, 0.25) is 0 Å². The Morgan fingerprint density at radius 2 is 2.05 bits per heavy atom. The Morgan fingerprint density at radius 3 is 2.75 bits per heavy atom. The van der Waals surface area contributed by atoms with Gasteiger partial charge in [0.1, 0.15) is 0 Å². The third-order valence-corrected chi connectivity index (χ3v) is 4.58. The first-order valence-corrected chi connectivity index (χ1v) is 7.50. The minimum Gasteiger partial charge on any atom is -0.316 e. The highest BCUT2D eigenvalue weighted by molar-refractivity contribution is 6.31. The molecule has 2 atom stereocenters. The lowest BCUT2D eigenvalue weighted by molar-refractivity contribution is 0.403. The highest BCUT2D eigenvalue weighted by Gasteiger charge is 2.30. The number of halogens is 1. The molecule has 1 aliphatic rings. The number of nitrogens with one attached hydrogen (secondary N) is 1. The maximum atomic E-state index is 6.41. The molecule has 2 aromatic rings. The second-order valence-corrected chi connectivity index (χ2v) is 5.98. The van der Waals surface area contributed by atoms with E-state index in [1.807, 2.05) is 23.9 Å². The average molecular weight is 290 g/mol. The first-order valence-electron chi connectivity index (χ1n) is 7.12. The Bertz CT molecular complexity index is 606. The smallest absolute Gasteiger partial charge is 0.0628 e. The molecule has 1 saturated heterocycles. The molecular formula is C16H20ClN3. The van der Waals surface area contributed by atoms with Crippen LogP contribution in [0.3, 0.4) is 0 Å². The van der Waals surface area contributed by atoms with Crippen LogP contribution in [0.1, 0.15) is 35.1 Å². The molecule has 2 heterocycles. The van der Waals surface area contributed by atoms with Crippen LogP contribution in [-0.4, -0.2) is 22.9 Å². The Labute approximate surface area is 124 Å². The zero-order valence-corrected chi connectivity index (χ0v) is 12.7. The third kappa shape index (κ3) is 2.48. The van der Waals surface area contributed by atoms with Gasteiger partial charge in [-0.2, -0.15) is 5.10 Å². The normalized spacial score (nSPS) is 22.9. The van der Waals surface area contributed by atoms with Gasteiger partial charge in [-0.05, 0) is 43.0 Å². The van der Waals surface area contributed by atoms with Crippen LogP contribution in [0.15, 0.2) is 30.5 Å². The van der Waals surface area contributed by atoms with Crippen molar-refractivity contribution in [3.63, 3.8) is 0 Å². The van der Waals surface area contributed by atoms with Crippen LogP contribution < -0.4 is 5.32 Å². The van der Waals surface area contributed by atoms with Crippen molar-refractivity contribution in [2.75, 3.05) is 13.1 Å². The van der Waals surface area contributed by atoms with E-state index in [-0.39, 0.29) is 0 Å². The fourth-order valence-corrected chi connectivity index (χ4v) is 3.59. The molecule has 106 valence electrons. The SMILES string of the molecule is Cc1nn(C)cc1C1CCNCC1c1ccccc1Cl. The lowest BCUT2D eigenvalue weighted by Gasteiger charge is -2.33. The van der Waals surface area contributed by atoms with Gasteiger partial charge in [0.15, 0.2) is 0 Å². The molecule has 1 aromatic heterocycles. The molecule has 0 radical (unpaired) electrons. The summed E-state index contributed by atoms with van der Waals surface area (Å²) < 4.78 is 1.91. The van der Waals surface area contributed by atoms with Crippen molar-refractivity contribution in [2.24, 2.45) is 7.05 Å². The van der Waals surface area contributed by atoms with Gasteiger partial charge in [0, 0.05) is 30.7 Å². The van der Waals surface area contributed by atoms with E-state index in [4.69, 9.17) is 11.6 Å². The summed E-state index contributed by atoms with van der Waals surface area (Å²) in [7, 11) is 1.99. The maximum Gasteiger partial charge on any atom is 0.0628 e. The third-order valence-electron chi connectivity index (χ3n) is 4.24. The molecule has 0 aliphatic carbocycles. The van der Waals surface area contributed by atoms with Crippen LogP contribution in [0.2, 0.25) is 5.02 Å². The van der Waals surface area contributed by atoms with E-state index >= 15 is 0 Å². The fraction of sp³-hybridized carbons (Fsp3) is 0.438. The summed E-state index contributed by atoms with van der Waals surface area (Å²) in [5.74, 6) is 0.908. The lowest BCUT2D eigenvalue weighted by Crippen LogP contribution is -2.34. The second kappa shape index (κ2) is 5.58. The number of nitrogens with zero attached hydrogens (tertiary/aromatic N) is 2. The van der Waals surface area contributed by atoms with Gasteiger partial charge in [-0.25, -0.2) is 0 Å². The van der Waals surface area contributed by atoms with Gasteiger partial charge in [0.05, 0.1) is 5.69 Å². The van der Waals surface area contributed by atoms with Crippen LogP contribution in [-0.2, 0) is 7.05 Å². The van der Waals surface area contributed by atoms with Crippen molar-refractivity contribution in [1.82, 2.24) is 15.1 Å². The molecule has 2 unspecified atom stereocenters. The van der Waals surface area contributed by atoms with Crippen LogP contribution in [0.4, 0.5) is 0 Å². The predicted molar refractivity (Wildman–Crippen MR) is 82.4 cm³/mol. The molecule has 0 bridgehead atoms. The number of hydrogen-bond donors (Lipinski definition) is 1. The van der Waals surface area contributed by atoms with E-state index < -0.39 is 0 Å².